The first-order valence-electron chi connectivity index (χ1n) is 4.37. The molecule has 2 atom stereocenters. The van der Waals surface area contributed by atoms with Crippen LogP contribution < -0.4 is 5.32 Å². The van der Waals surface area contributed by atoms with E-state index >= 15 is 0 Å². The Morgan fingerprint density at radius 3 is 2.64 bits per heavy atom. The molecular weight excluding hydrogens is 135 g/mol. The SMILES string of the molecule is BCC(C)NCC(C#N)CC. The number of nitrogens with one attached hydrogen (secondary N) is 1. The lowest BCUT2D eigenvalue weighted by molar-refractivity contribution is 0.508. The smallest absolute Gasteiger partial charge is 0.103 e. The maximum atomic E-state index is 8.62. The van der Waals surface area contributed by atoms with Crippen LogP contribution >= 0.6 is 0 Å². The normalized spacial score (nSPS) is 15.4. The summed E-state index contributed by atoms with van der Waals surface area (Å²) in [5.74, 6) is 0.184. The fourth-order valence-corrected chi connectivity index (χ4v) is 0.769. The van der Waals surface area contributed by atoms with Gasteiger partial charge in [-0.3, -0.25) is 0 Å². The van der Waals surface area contributed by atoms with Gasteiger partial charge in [-0.25, -0.2) is 0 Å². The molecule has 0 spiro atoms. The summed E-state index contributed by atoms with van der Waals surface area (Å²) >= 11 is 0. The van der Waals surface area contributed by atoms with Crippen LogP contribution in [0.15, 0.2) is 0 Å². The Balaban J connectivity index is 3.44. The van der Waals surface area contributed by atoms with Crippen molar-refractivity contribution in [2.75, 3.05) is 6.54 Å². The summed E-state index contributed by atoms with van der Waals surface area (Å²) in [5, 5.41) is 11.9. The van der Waals surface area contributed by atoms with Crippen molar-refractivity contribution in [3.63, 3.8) is 0 Å². The Kier molecular flexibility index (Phi) is 5.96. The van der Waals surface area contributed by atoms with Gasteiger partial charge < -0.3 is 5.32 Å². The van der Waals surface area contributed by atoms with E-state index in [9.17, 15) is 0 Å². The van der Waals surface area contributed by atoms with Crippen molar-refractivity contribution >= 4 is 7.85 Å². The second-order valence-electron chi connectivity index (χ2n) is 2.95. The summed E-state index contributed by atoms with van der Waals surface area (Å²) in [4.78, 5) is 0. The monoisotopic (exact) mass is 152 g/mol. The zero-order valence-electron chi connectivity index (χ0n) is 7.72. The molecule has 11 heavy (non-hydrogen) atoms. The molecule has 0 bridgehead atoms. The highest BCUT2D eigenvalue weighted by Crippen LogP contribution is 1.98. The Labute approximate surface area is 70.4 Å². The van der Waals surface area contributed by atoms with Crippen LogP contribution in [-0.4, -0.2) is 20.4 Å². The molecule has 1 N–H and O–H groups in total. The van der Waals surface area contributed by atoms with Gasteiger partial charge in [0.15, 0.2) is 0 Å². The molecule has 0 aromatic heterocycles. The minimum atomic E-state index is 0.184. The molecule has 0 aromatic carbocycles. The number of nitrogens with zero attached hydrogens (tertiary/aromatic N) is 1. The topological polar surface area (TPSA) is 35.8 Å². The molecule has 0 aromatic rings. The Morgan fingerprint density at radius 2 is 2.27 bits per heavy atom. The molecule has 0 saturated heterocycles. The van der Waals surface area contributed by atoms with E-state index in [1.165, 1.54) is 0 Å². The average Bonchev–Trinajstić information content (AvgIpc) is 2.06. The first-order chi connectivity index (χ1) is 5.24. The largest absolute Gasteiger partial charge is 0.314 e. The van der Waals surface area contributed by atoms with Gasteiger partial charge in [0, 0.05) is 6.54 Å². The third-order valence-corrected chi connectivity index (χ3v) is 2.00. The molecule has 0 radical (unpaired) electrons. The summed E-state index contributed by atoms with van der Waals surface area (Å²) in [6, 6.07) is 2.81. The molecule has 0 amide bonds. The van der Waals surface area contributed by atoms with Crippen molar-refractivity contribution in [3.05, 3.63) is 0 Å². The first kappa shape index (κ1) is 10.5. The fraction of sp³-hybridized carbons (Fsp3) is 0.875. The van der Waals surface area contributed by atoms with E-state index in [1.807, 2.05) is 6.92 Å². The average molecular weight is 152 g/mol. The number of hydrogen-bond donors (Lipinski definition) is 1. The molecule has 0 aliphatic rings. The second kappa shape index (κ2) is 6.24. The number of rotatable bonds is 5. The maximum Gasteiger partial charge on any atom is 0.103 e. The van der Waals surface area contributed by atoms with Crippen LogP contribution in [0.25, 0.3) is 0 Å². The van der Waals surface area contributed by atoms with E-state index in [4.69, 9.17) is 5.26 Å². The predicted molar refractivity (Wildman–Crippen MR) is 50.2 cm³/mol. The van der Waals surface area contributed by atoms with E-state index in [1.54, 1.807) is 0 Å². The zero-order valence-corrected chi connectivity index (χ0v) is 7.72. The highest BCUT2D eigenvalue weighted by molar-refractivity contribution is 6.08. The van der Waals surface area contributed by atoms with Gasteiger partial charge in [0.05, 0.1) is 12.0 Å². The summed E-state index contributed by atoms with van der Waals surface area (Å²) in [6.07, 6.45) is 2.07. The first-order valence-corrected chi connectivity index (χ1v) is 4.37. The molecule has 62 valence electrons. The Morgan fingerprint density at radius 1 is 1.64 bits per heavy atom. The molecule has 0 fully saturated rings. The van der Waals surface area contributed by atoms with E-state index in [0.717, 1.165) is 19.3 Å². The van der Waals surface area contributed by atoms with Gasteiger partial charge in [-0.05, 0) is 12.5 Å². The molecule has 0 aliphatic heterocycles. The lowest BCUT2D eigenvalue weighted by Crippen LogP contribution is -2.30. The van der Waals surface area contributed by atoms with Gasteiger partial charge in [0.2, 0.25) is 0 Å². The van der Waals surface area contributed by atoms with E-state index < -0.39 is 0 Å². The van der Waals surface area contributed by atoms with E-state index in [0.29, 0.717) is 6.04 Å². The van der Waals surface area contributed by atoms with Crippen molar-refractivity contribution in [1.29, 1.82) is 5.26 Å². The van der Waals surface area contributed by atoms with Gasteiger partial charge in [-0.15, -0.1) is 0 Å². The molecule has 0 saturated carbocycles. The molecule has 3 heteroatoms. The summed E-state index contributed by atoms with van der Waals surface area (Å²) in [6.45, 7) is 5.03. The summed E-state index contributed by atoms with van der Waals surface area (Å²) < 4.78 is 0. The molecule has 2 unspecified atom stereocenters. The molecule has 0 rings (SSSR count). The van der Waals surface area contributed by atoms with Gasteiger partial charge in [0.1, 0.15) is 7.85 Å². The van der Waals surface area contributed by atoms with Crippen LogP contribution in [0.2, 0.25) is 6.32 Å². The molecule has 0 aliphatic carbocycles. The van der Waals surface area contributed by atoms with Crippen molar-refractivity contribution in [1.82, 2.24) is 5.32 Å². The van der Waals surface area contributed by atoms with Crippen molar-refractivity contribution in [2.45, 2.75) is 32.6 Å². The maximum absolute atomic E-state index is 8.62. The van der Waals surface area contributed by atoms with Crippen molar-refractivity contribution in [3.8, 4) is 6.07 Å². The van der Waals surface area contributed by atoms with Crippen LogP contribution in [-0.2, 0) is 0 Å². The lowest BCUT2D eigenvalue weighted by Gasteiger charge is -2.13. The van der Waals surface area contributed by atoms with E-state index in [2.05, 4.69) is 26.2 Å². The predicted octanol–water partition coefficient (Wildman–Crippen LogP) is 0.566. The molecule has 0 heterocycles. The van der Waals surface area contributed by atoms with Gasteiger partial charge in [-0.2, -0.15) is 5.26 Å². The van der Waals surface area contributed by atoms with Gasteiger partial charge in [0.25, 0.3) is 0 Å². The molecule has 2 nitrogen and oxygen atoms in total. The standard InChI is InChI=1S/C8H17BN2/c1-3-8(5-10)6-11-7(2)4-9/h7-8,11H,3-4,6,9H2,1-2H3. The van der Waals surface area contributed by atoms with Crippen LogP contribution in [0.1, 0.15) is 20.3 Å². The summed E-state index contributed by atoms with van der Waals surface area (Å²) in [7, 11) is 2.14. The lowest BCUT2D eigenvalue weighted by atomic mass is 9.98. The Hall–Kier alpha value is -0.485. The highest BCUT2D eigenvalue weighted by Gasteiger charge is 2.04. The van der Waals surface area contributed by atoms with Gasteiger partial charge in [-0.1, -0.05) is 20.2 Å². The molecular formula is C8H17BN2. The number of hydrogen-bond acceptors (Lipinski definition) is 2. The van der Waals surface area contributed by atoms with Gasteiger partial charge >= 0.3 is 0 Å². The second-order valence-corrected chi connectivity index (χ2v) is 2.95. The van der Waals surface area contributed by atoms with Crippen molar-refractivity contribution < 1.29 is 0 Å². The Bertz CT molecular complexity index is 131. The van der Waals surface area contributed by atoms with Crippen molar-refractivity contribution in [2.24, 2.45) is 5.92 Å². The summed E-state index contributed by atoms with van der Waals surface area (Å²) in [5.41, 5.74) is 0. The highest BCUT2D eigenvalue weighted by atomic mass is 14.9. The number of nitriles is 1. The fourth-order valence-electron chi connectivity index (χ4n) is 0.769. The zero-order chi connectivity index (χ0) is 8.69. The van der Waals surface area contributed by atoms with E-state index in [-0.39, 0.29) is 5.92 Å². The van der Waals surface area contributed by atoms with Crippen LogP contribution in [0, 0.1) is 17.2 Å². The van der Waals surface area contributed by atoms with Crippen LogP contribution in [0.3, 0.4) is 0 Å². The van der Waals surface area contributed by atoms with Crippen LogP contribution in [0.4, 0.5) is 0 Å². The van der Waals surface area contributed by atoms with Crippen LogP contribution in [0.5, 0.6) is 0 Å². The third-order valence-electron chi connectivity index (χ3n) is 2.00. The quantitative estimate of drug-likeness (QED) is 0.584. The minimum absolute atomic E-state index is 0.184. The third kappa shape index (κ3) is 4.86. The minimum Gasteiger partial charge on any atom is -0.314 e.